The van der Waals surface area contributed by atoms with Crippen LogP contribution in [-0.4, -0.2) is 16.0 Å². The lowest BCUT2D eigenvalue weighted by atomic mass is 9.98. The minimum absolute atomic E-state index is 0.140. The van der Waals surface area contributed by atoms with Crippen LogP contribution in [0.25, 0.3) is 11.4 Å². The van der Waals surface area contributed by atoms with E-state index in [0.29, 0.717) is 22.3 Å². The zero-order valence-corrected chi connectivity index (χ0v) is 15.4. The first-order valence-electron chi connectivity index (χ1n) is 8.54. The summed E-state index contributed by atoms with van der Waals surface area (Å²) in [5, 5.41) is 7.71. The third-order valence-electron chi connectivity index (χ3n) is 4.35. The molecular formula is C20H20ClN3O2. The van der Waals surface area contributed by atoms with Gasteiger partial charge in [-0.05, 0) is 42.3 Å². The number of nitrogens with zero attached hydrogens (tertiary/aromatic N) is 2. The summed E-state index contributed by atoms with van der Waals surface area (Å²) in [5.74, 6) is 0.843. The minimum atomic E-state index is -0.360. The third kappa shape index (κ3) is 4.11. The zero-order chi connectivity index (χ0) is 18.5. The maximum Gasteiger partial charge on any atom is 0.251 e. The van der Waals surface area contributed by atoms with Gasteiger partial charge in [-0.15, -0.1) is 0 Å². The Bertz CT molecular complexity index is 862. The van der Waals surface area contributed by atoms with Crippen LogP contribution in [-0.2, 0) is 0 Å². The number of aromatic nitrogens is 2. The van der Waals surface area contributed by atoms with E-state index in [1.54, 1.807) is 24.3 Å². The number of halogens is 1. The van der Waals surface area contributed by atoms with Gasteiger partial charge in [0, 0.05) is 16.1 Å². The molecular weight excluding hydrogens is 350 g/mol. The number of carbonyl (C=O) groups is 1. The van der Waals surface area contributed by atoms with Crippen molar-refractivity contribution >= 4 is 17.5 Å². The fourth-order valence-electron chi connectivity index (χ4n) is 2.57. The van der Waals surface area contributed by atoms with E-state index in [0.717, 1.165) is 12.0 Å². The van der Waals surface area contributed by atoms with Crippen molar-refractivity contribution < 1.29 is 9.32 Å². The molecule has 2 aromatic carbocycles. The second-order valence-corrected chi connectivity index (χ2v) is 6.60. The Kier molecular flexibility index (Phi) is 5.68. The molecule has 3 rings (SSSR count). The van der Waals surface area contributed by atoms with Gasteiger partial charge in [0.2, 0.25) is 11.7 Å². The summed E-state index contributed by atoms with van der Waals surface area (Å²) < 4.78 is 5.46. The molecule has 3 aromatic rings. The molecule has 1 heterocycles. The SMILES string of the molecule is CC[C@@H](C)[C@@H](NC(=O)c1ccccc1)c1nc(-c2ccc(Cl)cc2)no1. The Balaban J connectivity index is 1.84. The summed E-state index contributed by atoms with van der Waals surface area (Å²) in [6.07, 6.45) is 0.860. The number of hydrogen-bond donors (Lipinski definition) is 1. The van der Waals surface area contributed by atoms with Crippen LogP contribution in [0.3, 0.4) is 0 Å². The van der Waals surface area contributed by atoms with E-state index in [9.17, 15) is 4.79 Å². The summed E-state index contributed by atoms with van der Waals surface area (Å²) in [6, 6.07) is 15.9. The maximum atomic E-state index is 12.5. The average Bonchev–Trinajstić information content (AvgIpc) is 3.16. The summed E-state index contributed by atoms with van der Waals surface area (Å²) >= 11 is 5.92. The van der Waals surface area contributed by atoms with E-state index < -0.39 is 0 Å². The van der Waals surface area contributed by atoms with Crippen LogP contribution in [0.1, 0.15) is 42.6 Å². The molecule has 0 saturated heterocycles. The van der Waals surface area contributed by atoms with Crippen molar-refractivity contribution in [1.82, 2.24) is 15.5 Å². The Labute approximate surface area is 157 Å². The van der Waals surface area contributed by atoms with Crippen molar-refractivity contribution in [3.8, 4) is 11.4 Å². The van der Waals surface area contributed by atoms with E-state index in [4.69, 9.17) is 16.1 Å². The highest BCUT2D eigenvalue weighted by molar-refractivity contribution is 6.30. The quantitative estimate of drug-likeness (QED) is 0.670. The smallest absolute Gasteiger partial charge is 0.251 e. The van der Waals surface area contributed by atoms with E-state index in [2.05, 4.69) is 22.4 Å². The summed E-state index contributed by atoms with van der Waals surface area (Å²) in [7, 11) is 0. The van der Waals surface area contributed by atoms with Gasteiger partial charge < -0.3 is 9.84 Å². The van der Waals surface area contributed by atoms with Crippen molar-refractivity contribution in [3.05, 3.63) is 71.1 Å². The Morgan fingerprint density at radius 2 is 1.85 bits per heavy atom. The first-order chi connectivity index (χ1) is 12.6. The first kappa shape index (κ1) is 18.1. The highest BCUT2D eigenvalue weighted by Gasteiger charge is 2.26. The molecule has 26 heavy (non-hydrogen) atoms. The number of benzene rings is 2. The maximum absolute atomic E-state index is 12.5. The van der Waals surface area contributed by atoms with Crippen LogP contribution in [0.15, 0.2) is 59.1 Å². The minimum Gasteiger partial charge on any atom is -0.340 e. The standard InChI is InChI=1S/C20H20ClN3O2/c1-3-13(2)17(22-19(25)15-7-5-4-6-8-15)20-23-18(24-26-20)14-9-11-16(21)12-10-14/h4-13,17H,3H2,1-2H3,(H,22,25)/t13-,17-/m1/s1. The molecule has 0 aliphatic carbocycles. The summed E-state index contributed by atoms with van der Waals surface area (Å²) in [6.45, 7) is 4.10. The molecule has 5 nitrogen and oxygen atoms in total. The molecule has 0 bridgehead atoms. The molecule has 0 radical (unpaired) electrons. The number of hydrogen-bond acceptors (Lipinski definition) is 4. The van der Waals surface area contributed by atoms with E-state index in [1.165, 1.54) is 0 Å². The van der Waals surface area contributed by atoms with E-state index >= 15 is 0 Å². The van der Waals surface area contributed by atoms with Gasteiger partial charge in [0.1, 0.15) is 6.04 Å². The predicted octanol–water partition coefficient (Wildman–Crippen LogP) is 4.91. The van der Waals surface area contributed by atoms with Crippen LogP contribution in [0.2, 0.25) is 5.02 Å². The van der Waals surface area contributed by atoms with Crippen molar-refractivity contribution in [3.63, 3.8) is 0 Å². The Morgan fingerprint density at radius 1 is 1.15 bits per heavy atom. The topological polar surface area (TPSA) is 68.0 Å². The molecule has 0 aliphatic heterocycles. The van der Waals surface area contributed by atoms with Crippen molar-refractivity contribution in [2.75, 3.05) is 0 Å². The van der Waals surface area contributed by atoms with Crippen molar-refractivity contribution in [1.29, 1.82) is 0 Å². The van der Waals surface area contributed by atoms with E-state index in [1.807, 2.05) is 37.3 Å². The van der Waals surface area contributed by atoms with Gasteiger partial charge in [0.15, 0.2) is 0 Å². The number of amides is 1. The van der Waals surface area contributed by atoms with Crippen LogP contribution in [0, 0.1) is 5.92 Å². The Morgan fingerprint density at radius 3 is 2.50 bits per heavy atom. The van der Waals surface area contributed by atoms with Gasteiger partial charge in [-0.1, -0.05) is 55.2 Å². The normalized spacial score (nSPS) is 13.2. The molecule has 0 aliphatic rings. The largest absolute Gasteiger partial charge is 0.340 e. The lowest BCUT2D eigenvalue weighted by molar-refractivity contribution is 0.0910. The highest BCUT2D eigenvalue weighted by atomic mass is 35.5. The number of carbonyl (C=O) groups excluding carboxylic acids is 1. The first-order valence-corrected chi connectivity index (χ1v) is 8.91. The highest BCUT2D eigenvalue weighted by Crippen LogP contribution is 2.26. The zero-order valence-electron chi connectivity index (χ0n) is 14.6. The molecule has 1 amide bonds. The lowest BCUT2D eigenvalue weighted by Gasteiger charge is -2.20. The van der Waals surface area contributed by atoms with E-state index in [-0.39, 0.29) is 17.9 Å². The predicted molar refractivity (Wildman–Crippen MR) is 101 cm³/mol. The third-order valence-corrected chi connectivity index (χ3v) is 4.60. The van der Waals surface area contributed by atoms with Gasteiger partial charge in [-0.3, -0.25) is 4.79 Å². The van der Waals surface area contributed by atoms with Gasteiger partial charge in [0.25, 0.3) is 5.91 Å². The monoisotopic (exact) mass is 369 g/mol. The number of nitrogens with one attached hydrogen (secondary N) is 1. The molecule has 0 saturated carbocycles. The molecule has 1 N–H and O–H groups in total. The summed E-state index contributed by atoms with van der Waals surface area (Å²) in [5.41, 5.74) is 1.40. The fraction of sp³-hybridized carbons (Fsp3) is 0.250. The van der Waals surface area contributed by atoms with Crippen LogP contribution in [0.5, 0.6) is 0 Å². The van der Waals surface area contributed by atoms with Crippen molar-refractivity contribution in [2.45, 2.75) is 26.3 Å². The molecule has 2 atom stereocenters. The molecule has 0 fully saturated rings. The van der Waals surface area contributed by atoms with Gasteiger partial charge >= 0.3 is 0 Å². The molecule has 0 unspecified atom stereocenters. The average molecular weight is 370 g/mol. The molecule has 134 valence electrons. The van der Waals surface area contributed by atoms with Gasteiger partial charge in [-0.2, -0.15) is 4.98 Å². The second-order valence-electron chi connectivity index (χ2n) is 6.17. The summed E-state index contributed by atoms with van der Waals surface area (Å²) in [4.78, 5) is 17.0. The second kappa shape index (κ2) is 8.15. The molecule has 1 aromatic heterocycles. The van der Waals surface area contributed by atoms with Crippen LogP contribution < -0.4 is 5.32 Å². The van der Waals surface area contributed by atoms with Crippen LogP contribution in [0.4, 0.5) is 0 Å². The lowest BCUT2D eigenvalue weighted by Crippen LogP contribution is -2.32. The molecule has 0 spiro atoms. The Hall–Kier alpha value is -2.66. The fourth-order valence-corrected chi connectivity index (χ4v) is 2.70. The van der Waals surface area contributed by atoms with Gasteiger partial charge in [-0.25, -0.2) is 0 Å². The van der Waals surface area contributed by atoms with Gasteiger partial charge in [0.05, 0.1) is 0 Å². The van der Waals surface area contributed by atoms with Crippen molar-refractivity contribution in [2.24, 2.45) is 5.92 Å². The number of rotatable bonds is 6. The molecule has 6 heteroatoms. The van der Waals surface area contributed by atoms with Crippen LogP contribution >= 0.6 is 11.6 Å².